The van der Waals surface area contributed by atoms with Crippen LogP contribution in [0.5, 0.6) is 0 Å². The van der Waals surface area contributed by atoms with Gasteiger partial charge in [0, 0.05) is 18.3 Å². The molecule has 3 nitrogen and oxygen atoms in total. The highest BCUT2D eigenvalue weighted by Gasteiger charge is 2.49. The van der Waals surface area contributed by atoms with Gasteiger partial charge in [-0.05, 0) is 42.8 Å². The molecule has 0 saturated carbocycles. The Balaban J connectivity index is 1.88. The minimum atomic E-state index is -4.66. The second-order valence-corrected chi connectivity index (χ2v) is 7.64. The first-order valence-corrected chi connectivity index (χ1v) is 10.1. The largest absolute Gasteiger partial charge is 0.416 e. The van der Waals surface area contributed by atoms with Crippen molar-refractivity contribution in [3.05, 3.63) is 109 Å². The predicted molar refractivity (Wildman–Crippen MR) is 116 cm³/mol. The average Bonchev–Trinajstić information content (AvgIpc) is 2.80. The Hall–Kier alpha value is -3.48. The molecule has 0 fully saturated rings. The lowest BCUT2D eigenvalue weighted by Gasteiger charge is -2.44. The molecule has 0 amide bonds. The van der Waals surface area contributed by atoms with Crippen LogP contribution in [0.4, 0.5) is 28.9 Å². The number of anilines is 2. The maximum atomic E-state index is 17.0. The van der Waals surface area contributed by atoms with Crippen molar-refractivity contribution in [3.8, 4) is 0 Å². The Morgan fingerprint density at radius 3 is 2.00 bits per heavy atom. The lowest BCUT2D eigenvalue weighted by Crippen LogP contribution is -2.50. The van der Waals surface area contributed by atoms with Crippen molar-refractivity contribution < 1.29 is 17.6 Å². The van der Waals surface area contributed by atoms with Gasteiger partial charge in [-0.1, -0.05) is 42.5 Å². The zero-order valence-electron chi connectivity index (χ0n) is 17.2. The Bertz CT molecular complexity index is 1060. The first-order valence-electron chi connectivity index (χ1n) is 10.1. The summed E-state index contributed by atoms with van der Waals surface area (Å²) in [6.07, 6.45) is 4.59. The summed E-state index contributed by atoms with van der Waals surface area (Å²) in [5.41, 5.74) is -1.70. The summed E-state index contributed by atoms with van der Waals surface area (Å²) in [6.45, 7) is 1.58. The summed E-state index contributed by atoms with van der Waals surface area (Å²) in [5.74, 6) is -0.916. The molecule has 3 atom stereocenters. The van der Waals surface area contributed by atoms with E-state index in [9.17, 15) is 13.2 Å². The maximum absolute atomic E-state index is 17.0. The number of alkyl halides is 4. The van der Waals surface area contributed by atoms with Crippen LogP contribution < -0.4 is 4.90 Å². The van der Waals surface area contributed by atoms with Crippen LogP contribution in [0.15, 0.2) is 103 Å². The standard InChI is InChI=1S/C25H21F4N3/c1-18(32(21-9-5-13-30-16-21)22-10-6-14-31-17-22)24(26)15-20(25(27,28)29)11-12-23(24)19-7-3-2-4-8-19/h2-18,23H,1H3. The molecule has 2 heterocycles. The number of halogens is 4. The highest BCUT2D eigenvalue weighted by Crippen LogP contribution is 2.47. The van der Waals surface area contributed by atoms with Crippen LogP contribution in [-0.4, -0.2) is 27.9 Å². The highest BCUT2D eigenvalue weighted by atomic mass is 19.4. The van der Waals surface area contributed by atoms with Crippen molar-refractivity contribution in [3.63, 3.8) is 0 Å². The summed E-state index contributed by atoms with van der Waals surface area (Å²) in [7, 11) is 0. The Morgan fingerprint density at radius 2 is 1.50 bits per heavy atom. The molecule has 0 radical (unpaired) electrons. The summed E-state index contributed by atoms with van der Waals surface area (Å²) in [4.78, 5) is 9.88. The molecule has 2 aromatic heterocycles. The minimum Gasteiger partial charge on any atom is -0.333 e. The lowest BCUT2D eigenvalue weighted by atomic mass is 9.74. The molecular formula is C25H21F4N3. The number of pyridine rings is 2. The van der Waals surface area contributed by atoms with Crippen molar-refractivity contribution >= 4 is 11.4 Å². The van der Waals surface area contributed by atoms with Gasteiger partial charge in [-0.3, -0.25) is 9.97 Å². The first-order chi connectivity index (χ1) is 15.3. The smallest absolute Gasteiger partial charge is 0.333 e. The summed E-state index contributed by atoms with van der Waals surface area (Å²) < 4.78 is 57.8. The second-order valence-electron chi connectivity index (χ2n) is 7.64. The Labute approximate surface area is 183 Å². The molecule has 1 aliphatic rings. The van der Waals surface area contributed by atoms with Gasteiger partial charge in [-0.25, -0.2) is 4.39 Å². The van der Waals surface area contributed by atoms with Crippen LogP contribution in [0.1, 0.15) is 18.4 Å². The van der Waals surface area contributed by atoms with E-state index in [-0.39, 0.29) is 0 Å². The van der Waals surface area contributed by atoms with Gasteiger partial charge < -0.3 is 4.90 Å². The SMILES string of the molecule is CC(N(c1cccnc1)c1cccnc1)C1(F)C=C(C(F)(F)F)C=CC1c1ccccc1. The van der Waals surface area contributed by atoms with Gasteiger partial charge in [0.25, 0.3) is 0 Å². The lowest BCUT2D eigenvalue weighted by molar-refractivity contribution is -0.0900. The molecular weight excluding hydrogens is 418 g/mol. The van der Waals surface area contributed by atoms with Crippen molar-refractivity contribution in [2.75, 3.05) is 4.90 Å². The first kappa shape index (κ1) is 21.7. The van der Waals surface area contributed by atoms with E-state index in [1.807, 2.05) is 0 Å². The van der Waals surface area contributed by atoms with Gasteiger partial charge in [0.05, 0.1) is 35.4 Å². The summed E-state index contributed by atoms with van der Waals surface area (Å²) in [6, 6.07) is 14.6. The molecule has 164 valence electrons. The molecule has 0 spiro atoms. The Morgan fingerprint density at radius 1 is 0.906 bits per heavy atom. The number of nitrogens with zero attached hydrogens (tertiary/aromatic N) is 3. The highest BCUT2D eigenvalue weighted by molar-refractivity contribution is 5.64. The molecule has 0 bridgehead atoms. The molecule has 3 aromatic rings. The van der Waals surface area contributed by atoms with Crippen LogP contribution in [0.25, 0.3) is 0 Å². The van der Waals surface area contributed by atoms with E-state index in [1.54, 1.807) is 91.2 Å². The van der Waals surface area contributed by atoms with Crippen LogP contribution in [0, 0.1) is 0 Å². The predicted octanol–water partition coefficient (Wildman–Crippen LogP) is 6.55. The van der Waals surface area contributed by atoms with Crippen molar-refractivity contribution in [1.82, 2.24) is 9.97 Å². The van der Waals surface area contributed by atoms with E-state index in [1.165, 1.54) is 6.08 Å². The van der Waals surface area contributed by atoms with Gasteiger partial charge in [0.15, 0.2) is 5.67 Å². The third-order valence-corrected chi connectivity index (χ3v) is 5.68. The second kappa shape index (κ2) is 8.57. The van der Waals surface area contributed by atoms with E-state index in [4.69, 9.17) is 0 Å². The van der Waals surface area contributed by atoms with Crippen LogP contribution in [0.2, 0.25) is 0 Å². The molecule has 0 saturated heterocycles. The van der Waals surface area contributed by atoms with E-state index in [2.05, 4.69) is 9.97 Å². The molecule has 3 unspecified atom stereocenters. The topological polar surface area (TPSA) is 29.0 Å². The number of hydrogen-bond donors (Lipinski definition) is 0. The molecule has 1 aliphatic carbocycles. The van der Waals surface area contributed by atoms with Gasteiger partial charge in [0.2, 0.25) is 0 Å². The third-order valence-electron chi connectivity index (χ3n) is 5.68. The average molecular weight is 439 g/mol. The van der Waals surface area contributed by atoms with E-state index in [0.29, 0.717) is 16.9 Å². The zero-order chi connectivity index (χ0) is 22.8. The molecule has 0 N–H and O–H groups in total. The molecule has 0 aliphatic heterocycles. The number of aromatic nitrogens is 2. The number of rotatable bonds is 5. The number of benzene rings is 1. The van der Waals surface area contributed by atoms with E-state index in [0.717, 1.165) is 12.2 Å². The fraction of sp³-hybridized carbons (Fsp3) is 0.200. The fourth-order valence-electron chi connectivity index (χ4n) is 4.09. The van der Waals surface area contributed by atoms with Crippen LogP contribution in [0.3, 0.4) is 0 Å². The number of hydrogen-bond acceptors (Lipinski definition) is 3. The van der Waals surface area contributed by atoms with Gasteiger partial charge in [0.1, 0.15) is 0 Å². The van der Waals surface area contributed by atoms with Crippen molar-refractivity contribution in [2.45, 2.75) is 30.7 Å². The van der Waals surface area contributed by atoms with Crippen molar-refractivity contribution in [1.29, 1.82) is 0 Å². The van der Waals surface area contributed by atoms with Crippen LogP contribution in [-0.2, 0) is 0 Å². The Kier molecular flexibility index (Phi) is 5.82. The van der Waals surface area contributed by atoms with E-state index < -0.39 is 29.4 Å². The fourth-order valence-corrected chi connectivity index (χ4v) is 4.09. The minimum absolute atomic E-state index is 0.549. The molecule has 32 heavy (non-hydrogen) atoms. The van der Waals surface area contributed by atoms with Crippen molar-refractivity contribution in [2.24, 2.45) is 0 Å². The molecule has 7 heteroatoms. The van der Waals surface area contributed by atoms with E-state index >= 15 is 4.39 Å². The summed E-state index contributed by atoms with van der Waals surface area (Å²) in [5, 5.41) is 0. The third kappa shape index (κ3) is 4.15. The summed E-state index contributed by atoms with van der Waals surface area (Å²) >= 11 is 0. The van der Waals surface area contributed by atoms with Gasteiger partial charge >= 0.3 is 6.18 Å². The normalized spacial score (nSPS) is 21.7. The van der Waals surface area contributed by atoms with Gasteiger partial charge in [-0.2, -0.15) is 13.2 Å². The van der Waals surface area contributed by atoms with Gasteiger partial charge in [-0.15, -0.1) is 0 Å². The number of allylic oxidation sites excluding steroid dienone is 3. The zero-order valence-corrected chi connectivity index (χ0v) is 17.2. The molecule has 4 rings (SSSR count). The van der Waals surface area contributed by atoms with Crippen LogP contribution >= 0.6 is 0 Å². The monoisotopic (exact) mass is 439 g/mol. The molecule has 1 aromatic carbocycles. The quantitative estimate of drug-likeness (QED) is 0.422. The maximum Gasteiger partial charge on any atom is 0.416 e.